The lowest BCUT2D eigenvalue weighted by molar-refractivity contribution is 0.0745. The molecule has 15 heavy (non-hydrogen) atoms. The topological polar surface area (TPSA) is 44.8 Å². The molecule has 1 aromatic carbocycles. The SMILES string of the molecule is COc1cc(OC)c(F)c(C(=O)OCl)c1. The highest BCUT2D eigenvalue weighted by Gasteiger charge is 2.19. The number of benzene rings is 1. The molecule has 0 aliphatic carbocycles. The molecule has 0 N–H and O–H groups in total. The van der Waals surface area contributed by atoms with Gasteiger partial charge >= 0.3 is 5.97 Å². The predicted molar refractivity (Wildman–Crippen MR) is 50.8 cm³/mol. The maximum Gasteiger partial charge on any atom is 0.359 e. The summed E-state index contributed by atoms with van der Waals surface area (Å²) in [7, 11) is 2.65. The van der Waals surface area contributed by atoms with E-state index in [0.717, 1.165) is 0 Å². The molecule has 0 bridgehead atoms. The fourth-order valence-corrected chi connectivity index (χ4v) is 1.11. The Kier molecular flexibility index (Phi) is 3.74. The molecule has 0 radical (unpaired) electrons. The van der Waals surface area contributed by atoms with E-state index in [1.165, 1.54) is 26.4 Å². The number of carbonyl (C=O) groups excluding carboxylic acids is 1. The van der Waals surface area contributed by atoms with Gasteiger partial charge in [-0.2, -0.15) is 0 Å². The number of methoxy groups -OCH3 is 2. The minimum absolute atomic E-state index is 0.119. The van der Waals surface area contributed by atoms with Gasteiger partial charge in [-0.15, -0.1) is 0 Å². The van der Waals surface area contributed by atoms with Gasteiger partial charge in [0.1, 0.15) is 23.2 Å². The minimum atomic E-state index is -1.01. The van der Waals surface area contributed by atoms with Crippen molar-refractivity contribution in [2.24, 2.45) is 0 Å². The normalized spacial score (nSPS) is 9.60. The molecule has 0 amide bonds. The minimum Gasteiger partial charge on any atom is -0.497 e. The number of hydrogen-bond donors (Lipinski definition) is 0. The summed E-state index contributed by atoms with van der Waals surface area (Å²) in [5.41, 5.74) is -0.346. The lowest BCUT2D eigenvalue weighted by Crippen LogP contribution is -2.04. The average Bonchev–Trinajstić information content (AvgIpc) is 2.28. The third-order valence-corrected chi connectivity index (χ3v) is 1.90. The van der Waals surface area contributed by atoms with Crippen molar-refractivity contribution in [3.8, 4) is 11.5 Å². The third-order valence-electron chi connectivity index (χ3n) is 1.76. The maximum atomic E-state index is 13.5. The fourth-order valence-electron chi connectivity index (χ4n) is 1.03. The summed E-state index contributed by atoms with van der Waals surface area (Å²) in [6.07, 6.45) is 0. The molecule has 0 aliphatic heterocycles. The average molecular weight is 235 g/mol. The first-order chi connectivity index (χ1) is 7.13. The van der Waals surface area contributed by atoms with E-state index in [1.807, 2.05) is 0 Å². The Morgan fingerprint density at radius 2 is 2.00 bits per heavy atom. The first-order valence-corrected chi connectivity index (χ1v) is 4.19. The molecule has 0 fully saturated rings. The van der Waals surface area contributed by atoms with E-state index >= 15 is 0 Å². The van der Waals surface area contributed by atoms with E-state index in [2.05, 4.69) is 4.29 Å². The van der Waals surface area contributed by atoms with Crippen LogP contribution in [-0.2, 0) is 4.29 Å². The van der Waals surface area contributed by atoms with Gasteiger partial charge in [-0.3, -0.25) is 0 Å². The number of rotatable bonds is 3. The fraction of sp³-hybridized carbons (Fsp3) is 0.222. The van der Waals surface area contributed by atoms with E-state index in [-0.39, 0.29) is 17.1 Å². The van der Waals surface area contributed by atoms with E-state index in [0.29, 0.717) is 0 Å². The van der Waals surface area contributed by atoms with E-state index < -0.39 is 11.8 Å². The van der Waals surface area contributed by atoms with Gasteiger partial charge in [0.15, 0.2) is 11.6 Å². The van der Waals surface area contributed by atoms with Crippen molar-refractivity contribution in [1.82, 2.24) is 0 Å². The van der Waals surface area contributed by atoms with Gasteiger partial charge in [0.25, 0.3) is 0 Å². The van der Waals surface area contributed by atoms with Crippen molar-refractivity contribution in [2.75, 3.05) is 14.2 Å². The van der Waals surface area contributed by atoms with Crippen molar-refractivity contribution in [2.45, 2.75) is 0 Å². The van der Waals surface area contributed by atoms with Crippen molar-refractivity contribution in [1.29, 1.82) is 0 Å². The molecule has 0 unspecified atom stereocenters. The first kappa shape index (κ1) is 11.6. The second-order valence-electron chi connectivity index (χ2n) is 2.56. The van der Waals surface area contributed by atoms with Crippen LogP contribution in [0.25, 0.3) is 0 Å². The Morgan fingerprint density at radius 3 is 2.47 bits per heavy atom. The summed E-state index contributed by atoms with van der Waals surface area (Å²) in [5, 5.41) is 0. The summed E-state index contributed by atoms with van der Waals surface area (Å²) in [6, 6.07) is 2.48. The molecule has 0 saturated carbocycles. The van der Waals surface area contributed by atoms with Crippen molar-refractivity contribution in [3.05, 3.63) is 23.5 Å². The summed E-state index contributed by atoms with van der Waals surface area (Å²) in [4.78, 5) is 11.1. The van der Waals surface area contributed by atoms with Crippen LogP contribution in [0.2, 0.25) is 0 Å². The van der Waals surface area contributed by atoms with Crippen LogP contribution >= 0.6 is 11.9 Å². The monoisotopic (exact) mass is 234 g/mol. The van der Waals surface area contributed by atoms with Crippen LogP contribution in [-0.4, -0.2) is 20.2 Å². The molecule has 82 valence electrons. The van der Waals surface area contributed by atoms with Gasteiger partial charge < -0.3 is 13.8 Å². The lowest BCUT2D eigenvalue weighted by Gasteiger charge is -2.08. The van der Waals surface area contributed by atoms with Gasteiger partial charge in [0.05, 0.1) is 14.2 Å². The Morgan fingerprint density at radius 1 is 1.33 bits per heavy atom. The van der Waals surface area contributed by atoms with Crippen LogP contribution in [0.4, 0.5) is 4.39 Å². The van der Waals surface area contributed by atoms with Crippen LogP contribution in [0.1, 0.15) is 10.4 Å². The largest absolute Gasteiger partial charge is 0.497 e. The van der Waals surface area contributed by atoms with Crippen LogP contribution in [0.15, 0.2) is 12.1 Å². The summed E-state index contributed by atoms with van der Waals surface area (Å²) in [6.45, 7) is 0. The molecular formula is C9H8ClFO4. The van der Waals surface area contributed by atoms with Crippen LogP contribution in [0.5, 0.6) is 11.5 Å². The zero-order valence-corrected chi connectivity index (χ0v) is 8.80. The summed E-state index contributed by atoms with van der Waals surface area (Å²) < 4.78 is 27.0. The Bertz CT molecular complexity index is 381. The highest BCUT2D eigenvalue weighted by atomic mass is 35.5. The standard InChI is InChI=1S/C9H8ClFO4/c1-13-5-3-6(9(12)15-10)8(11)7(4-5)14-2/h3-4H,1-2H3. The number of hydrogen-bond acceptors (Lipinski definition) is 4. The van der Waals surface area contributed by atoms with Gasteiger partial charge in [-0.05, 0) is 6.07 Å². The van der Waals surface area contributed by atoms with E-state index in [1.54, 1.807) is 0 Å². The smallest absolute Gasteiger partial charge is 0.359 e. The zero-order chi connectivity index (χ0) is 11.4. The van der Waals surface area contributed by atoms with Crippen molar-refractivity contribution in [3.63, 3.8) is 0 Å². The molecular weight excluding hydrogens is 227 g/mol. The number of carbonyl (C=O) groups is 1. The van der Waals surface area contributed by atoms with Gasteiger partial charge in [0.2, 0.25) is 0 Å². The van der Waals surface area contributed by atoms with Gasteiger partial charge in [-0.25, -0.2) is 9.18 Å². The quantitative estimate of drug-likeness (QED) is 0.804. The molecule has 6 heteroatoms. The molecule has 0 atom stereocenters. The predicted octanol–water partition coefficient (Wildman–Crippen LogP) is 2.15. The molecule has 0 saturated heterocycles. The van der Waals surface area contributed by atoms with Crippen molar-refractivity contribution < 1.29 is 22.9 Å². The van der Waals surface area contributed by atoms with Crippen LogP contribution in [0.3, 0.4) is 0 Å². The lowest BCUT2D eigenvalue weighted by atomic mass is 10.2. The van der Waals surface area contributed by atoms with Crippen LogP contribution < -0.4 is 9.47 Å². The molecule has 1 aromatic rings. The molecule has 0 heterocycles. The van der Waals surface area contributed by atoms with Gasteiger partial charge in [0, 0.05) is 6.07 Å². The molecule has 0 aliphatic rings. The Labute approximate surface area is 90.7 Å². The highest BCUT2D eigenvalue weighted by molar-refractivity contribution is 6.15. The van der Waals surface area contributed by atoms with Crippen LogP contribution in [0, 0.1) is 5.82 Å². The van der Waals surface area contributed by atoms with Gasteiger partial charge in [-0.1, -0.05) is 0 Å². The molecule has 1 rings (SSSR count). The Hall–Kier alpha value is -1.49. The summed E-state index contributed by atoms with van der Waals surface area (Å²) >= 11 is 4.85. The van der Waals surface area contributed by atoms with E-state index in [9.17, 15) is 9.18 Å². The second kappa shape index (κ2) is 4.84. The third kappa shape index (κ3) is 2.30. The number of ether oxygens (including phenoxy) is 2. The number of halogens is 2. The van der Waals surface area contributed by atoms with Crippen molar-refractivity contribution >= 4 is 17.8 Å². The molecule has 0 aromatic heterocycles. The highest BCUT2D eigenvalue weighted by Crippen LogP contribution is 2.27. The summed E-state index contributed by atoms with van der Waals surface area (Å²) in [5.74, 6) is -1.70. The Balaban J connectivity index is 3.30. The molecule has 0 spiro atoms. The van der Waals surface area contributed by atoms with E-state index in [4.69, 9.17) is 21.3 Å². The first-order valence-electron chi connectivity index (χ1n) is 3.88. The molecule has 4 nitrogen and oxygen atoms in total. The maximum absolute atomic E-state index is 13.5. The second-order valence-corrected chi connectivity index (χ2v) is 2.71. The zero-order valence-electron chi connectivity index (χ0n) is 8.04.